The number of carbonyl (C=O) groups excluding carboxylic acids is 1. The van der Waals surface area contributed by atoms with Gasteiger partial charge in [0.15, 0.2) is 0 Å². The van der Waals surface area contributed by atoms with Crippen molar-refractivity contribution in [2.75, 3.05) is 6.61 Å². The minimum Gasteiger partial charge on any atom is -0.394 e. The third-order valence-corrected chi connectivity index (χ3v) is 4.06. The molecule has 1 amide bonds. The average molecular weight is 308 g/mol. The van der Waals surface area contributed by atoms with Crippen molar-refractivity contribution in [1.29, 1.82) is 0 Å². The van der Waals surface area contributed by atoms with Gasteiger partial charge in [0.25, 0.3) is 5.91 Å². The molecule has 0 spiro atoms. The highest BCUT2D eigenvalue weighted by molar-refractivity contribution is 5.98. The van der Waals surface area contributed by atoms with Gasteiger partial charge in [0.1, 0.15) is 5.69 Å². The summed E-state index contributed by atoms with van der Waals surface area (Å²) in [6, 6.07) is 19.3. The Labute approximate surface area is 135 Å². The predicted octanol–water partition coefficient (Wildman–Crippen LogP) is 2.51. The maximum atomic E-state index is 12.6. The molecule has 0 saturated heterocycles. The molecule has 4 heteroatoms. The molecule has 0 bridgehead atoms. The SMILES string of the molecule is Cn1c(C(=O)N[C@H](CO)Cc2ccccc2)cc2ccccc21. The first kappa shape index (κ1) is 15.3. The van der Waals surface area contributed by atoms with E-state index < -0.39 is 0 Å². The van der Waals surface area contributed by atoms with E-state index in [4.69, 9.17) is 0 Å². The van der Waals surface area contributed by atoms with Crippen LogP contribution in [0.2, 0.25) is 0 Å². The van der Waals surface area contributed by atoms with Crippen LogP contribution in [-0.2, 0) is 13.5 Å². The lowest BCUT2D eigenvalue weighted by molar-refractivity contribution is 0.0908. The zero-order chi connectivity index (χ0) is 16.2. The third kappa shape index (κ3) is 3.27. The van der Waals surface area contributed by atoms with Crippen molar-refractivity contribution >= 4 is 16.8 Å². The normalized spacial score (nSPS) is 12.3. The number of aromatic nitrogens is 1. The molecule has 118 valence electrons. The number of aryl methyl sites for hydroxylation is 1. The second-order valence-electron chi connectivity index (χ2n) is 5.69. The molecule has 3 rings (SSSR count). The number of amides is 1. The summed E-state index contributed by atoms with van der Waals surface area (Å²) in [6.45, 7) is -0.0927. The van der Waals surface area contributed by atoms with Gasteiger partial charge in [-0.2, -0.15) is 0 Å². The van der Waals surface area contributed by atoms with Gasteiger partial charge in [-0.1, -0.05) is 48.5 Å². The molecule has 1 atom stereocenters. The molecule has 2 N–H and O–H groups in total. The molecule has 3 aromatic rings. The number of nitrogens with one attached hydrogen (secondary N) is 1. The van der Waals surface area contributed by atoms with Crippen LogP contribution >= 0.6 is 0 Å². The predicted molar refractivity (Wildman–Crippen MR) is 91.4 cm³/mol. The Balaban J connectivity index is 1.77. The monoisotopic (exact) mass is 308 g/mol. The topological polar surface area (TPSA) is 54.3 Å². The van der Waals surface area contributed by atoms with Crippen molar-refractivity contribution in [1.82, 2.24) is 9.88 Å². The summed E-state index contributed by atoms with van der Waals surface area (Å²) in [7, 11) is 1.88. The number of nitrogens with zero attached hydrogens (tertiary/aromatic N) is 1. The van der Waals surface area contributed by atoms with E-state index in [-0.39, 0.29) is 18.6 Å². The van der Waals surface area contributed by atoms with E-state index in [0.29, 0.717) is 12.1 Å². The van der Waals surface area contributed by atoms with Crippen LogP contribution in [0.15, 0.2) is 60.7 Å². The summed E-state index contributed by atoms with van der Waals surface area (Å²) in [5, 5.41) is 13.5. The first-order valence-corrected chi connectivity index (χ1v) is 7.69. The van der Waals surface area contributed by atoms with Crippen LogP contribution in [0.25, 0.3) is 10.9 Å². The molecule has 1 aromatic heterocycles. The van der Waals surface area contributed by atoms with E-state index >= 15 is 0 Å². The fourth-order valence-corrected chi connectivity index (χ4v) is 2.83. The Morgan fingerprint density at radius 3 is 2.52 bits per heavy atom. The largest absolute Gasteiger partial charge is 0.394 e. The second-order valence-corrected chi connectivity index (χ2v) is 5.69. The van der Waals surface area contributed by atoms with Gasteiger partial charge < -0.3 is 15.0 Å². The van der Waals surface area contributed by atoms with Crippen LogP contribution in [0.5, 0.6) is 0 Å². The van der Waals surface area contributed by atoms with Crippen LogP contribution in [0.4, 0.5) is 0 Å². The molecule has 0 fully saturated rings. The quantitative estimate of drug-likeness (QED) is 0.761. The zero-order valence-corrected chi connectivity index (χ0v) is 13.1. The van der Waals surface area contributed by atoms with Crippen LogP contribution < -0.4 is 5.32 Å². The van der Waals surface area contributed by atoms with E-state index in [1.54, 1.807) is 0 Å². The summed E-state index contributed by atoms with van der Waals surface area (Å²) >= 11 is 0. The average Bonchev–Trinajstić information content (AvgIpc) is 2.92. The van der Waals surface area contributed by atoms with Crippen molar-refractivity contribution in [3.8, 4) is 0 Å². The minimum absolute atomic E-state index is 0.0927. The Kier molecular flexibility index (Phi) is 4.44. The number of carbonyl (C=O) groups is 1. The molecular formula is C19H20N2O2. The Morgan fingerprint density at radius 2 is 1.83 bits per heavy atom. The lowest BCUT2D eigenvalue weighted by Crippen LogP contribution is -2.39. The number of hydrogen-bond donors (Lipinski definition) is 2. The Hall–Kier alpha value is -2.59. The number of hydrogen-bond acceptors (Lipinski definition) is 2. The molecule has 0 saturated carbocycles. The summed E-state index contributed by atoms with van der Waals surface area (Å²) in [6.07, 6.45) is 0.604. The molecule has 23 heavy (non-hydrogen) atoms. The van der Waals surface area contributed by atoms with Crippen molar-refractivity contribution in [3.63, 3.8) is 0 Å². The molecule has 0 unspecified atom stereocenters. The smallest absolute Gasteiger partial charge is 0.268 e. The molecule has 0 aliphatic heterocycles. The molecule has 0 aliphatic rings. The fraction of sp³-hybridized carbons (Fsp3) is 0.211. The highest BCUT2D eigenvalue weighted by Gasteiger charge is 2.17. The van der Waals surface area contributed by atoms with Gasteiger partial charge in [0.2, 0.25) is 0 Å². The number of rotatable bonds is 5. The van der Waals surface area contributed by atoms with E-state index in [2.05, 4.69) is 5.32 Å². The molecule has 2 aromatic carbocycles. The van der Waals surface area contributed by atoms with Gasteiger partial charge in [-0.05, 0) is 24.1 Å². The highest BCUT2D eigenvalue weighted by Crippen LogP contribution is 2.18. The van der Waals surface area contributed by atoms with Crippen molar-refractivity contribution in [2.45, 2.75) is 12.5 Å². The number of aliphatic hydroxyl groups is 1. The number of para-hydroxylation sites is 1. The summed E-state index contributed by atoms with van der Waals surface area (Å²) < 4.78 is 1.88. The summed E-state index contributed by atoms with van der Waals surface area (Å²) in [4.78, 5) is 12.6. The lowest BCUT2D eigenvalue weighted by atomic mass is 10.1. The maximum Gasteiger partial charge on any atom is 0.268 e. The van der Waals surface area contributed by atoms with Crippen LogP contribution in [0, 0.1) is 0 Å². The van der Waals surface area contributed by atoms with E-state index in [9.17, 15) is 9.90 Å². The van der Waals surface area contributed by atoms with Crippen LogP contribution in [0.1, 0.15) is 16.1 Å². The molecule has 0 radical (unpaired) electrons. The van der Waals surface area contributed by atoms with Gasteiger partial charge in [0.05, 0.1) is 12.6 Å². The van der Waals surface area contributed by atoms with E-state index in [1.807, 2.05) is 72.3 Å². The van der Waals surface area contributed by atoms with Crippen molar-refractivity contribution in [2.24, 2.45) is 7.05 Å². The molecule has 1 heterocycles. The number of benzene rings is 2. The lowest BCUT2D eigenvalue weighted by Gasteiger charge is -2.16. The summed E-state index contributed by atoms with van der Waals surface area (Å²) in [5.74, 6) is -0.168. The van der Waals surface area contributed by atoms with Crippen molar-refractivity contribution < 1.29 is 9.90 Å². The van der Waals surface area contributed by atoms with Crippen molar-refractivity contribution in [3.05, 3.63) is 71.9 Å². The van der Waals surface area contributed by atoms with Gasteiger partial charge in [-0.25, -0.2) is 0 Å². The molecule has 4 nitrogen and oxygen atoms in total. The molecule has 0 aliphatic carbocycles. The number of aliphatic hydroxyl groups excluding tert-OH is 1. The second kappa shape index (κ2) is 6.67. The first-order valence-electron chi connectivity index (χ1n) is 7.69. The van der Waals surface area contributed by atoms with Crippen LogP contribution in [-0.4, -0.2) is 28.2 Å². The van der Waals surface area contributed by atoms with Gasteiger partial charge in [-0.15, -0.1) is 0 Å². The standard InChI is InChI=1S/C19H20N2O2/c1-21-17-10-6-5-9-15(17)12-18(21)19(23)20-16(13-22)11-14-7-3-2-4-8-14/h2-10,12,16,22H,11,13H2,1H3,(H,20,23)/t16-/m0/s1. The third-order valence-electron chi connectivity index (χ3n) is 4.06. The van der Waals surface area contributed by atoms with E-state index in [1.165, 1.54) is 0 Å². The van der Waals surface area contributed by atoms with Crippen LogP contribution in [0.3, 0.4) is 0 Å². The fourth-order valence-electron chi connectivity index (χ4n) is 2.83. The van der Waals surface area contributed by atoms with Gasteiger partial charge >= 0.3 is 0 Å². The Morgan fingerprint density at radius 1 is 1.13 bits per heavy atom. The molecular weight excluding hydrogens is 288 g/mol. The van der Waals surface area contributed by atoms with Gasteiger partial charge in [0, 0.05) is 18.0 Å². The summed E-state index contributed by atoms with van der Waals surface area (Å²) in [5.41, 5.74) is 2.70. The Bertz CT molecular complexity index is 809. The number of fused-ring (bicyclic) bond motifs is 1. The minimum atomic E-state index is -0.303. The highest BCUT2D eigenvalue weighted by atomic mass is 16.3. The zero-order valence-electron chi connectivity index (χ0n) is 13.1. The van der Waals surface area contributed by atoms with E-state index in [0.717, 1.165) is 16.5 Å². The van der Waals surface area contributed by atoms with Gasteiger partial charge in [-0.3, -0.25) is 4.79 Å². The maximum absolute atomic E-state index is 12.6. The first-order chi connectivity index (χ1) is 11.2.